The van der Waals surface area contributed by atoms with Gasteiger partial charge in [0.2, 0.25) is 0 Å². The maximum atomic E-state index is 5.80. The van der Waals surface area contributed by atoms with E-state index in [2.05, 4.69) is 10.3 Å². The van der Waals surface area contributed by atoms with Crippen LogP contribution in [0.4, 0.5) is 11.5 Å². The zero-order chi connectivity index (χ0) is 10.5. The lowest BCUT2D eigenvalue weighted by atomic mass is 10.4. The van der Waals surface area contributed by atoms with Crippen molar-refractivity contribution in [2.24, 2.45) is 0 Å². The molecule has 0 spiro atoms. The van der Waals surface area contributed by atoms with Crippen molar-refractivity contribution in [3.63, 3.8) is 0 Å². The number of hydrogen-bond acceptors (Lipinski definition) is 5. The Morgan fingerprint density at radius 1 is 1.53 bits per heavy atom. The maximum absolute atomic E-state index is 5.80. The van der Waals surface area contributed by atoms with E-state index in [1.54, 1.807) is 6.20 Å². The van der Waals surface area contributed by atoms with Crippen LogP contribution < -0.4 is 11.1 Å². The molecule has 0 amide bonds. The Bertz CT molecular complexity index is 313. The van der Waals surface area contributed by atoms with Gasteiger partial charge in [0.05, 0.1) is 5.69 Å². The van der Waals surface area contributed by atoms with Crippen LogP contribution in [0, 0.1) is 0 Å². The molecule has 0 aromatic carbocycles. The molecular formula is C10H15N3S2. The molecule has 3 nitrogen and oxygen atoms in total. The summed E-state index contributed by atoms with van der Waals surface area (Å²) in [5.74, 6) is 4.58. The highest BCUT2D eigenvalue weighted by atomic mass is 32.2. The van der Waals surface area contributed by atoms with Gasteiger partial charge >= 0.3 is 0 Å². The van der Waals surface area contributed by atoms with Crippen LogP contribution in [0.15, 0.2) is 18.3 Å². The van der Waals surface area contributed by atoms with Crippen LogP contribution in [0.25, 0.3) is 0 Å². The van der Waals surface area contributed by atoms with Gasteiger partial charge < -0.3 is 11.1 Å². The van der Waals surface area contributed by atoms with Crippen LogP contribution in [0.3, 0.4) is 0 Å². The fourth-order valence-corrected chi connectivity index (χ4v) is 4.04. The smallest absolute Gasteiger partial charge is 0.149 e. The van der Waals surface area contributed by atoms with E-state index in [1.165, 1.54) is 17.3 Å². The summed E-state index contributed by atoms with van der Waals surface area (Å²) < 4.78 is 0. The molecule has 1 fully saturated rings. The summed E-state index contributed by atoms with van der Waals surface area (Å²) in [5.41, 5.74) is 6.53. The average Bonchev–Trinajstić information content (AvgIpc) is 2.29. The van der Waals surface area contributed by atoms with E-state index in [0.29, 0.717) is 5.25 Å². The Labute approximate surface area is 98.6 Å². The summed E-state index contributed by atoms with van der Waals surface area (Å²) in [6.07, 6.45) is 1.77. The van der Waals surface area contributed by atoms with Gasteiger partial charge in [-0.2, -0.15) is 23.5 Å². The molecule has 0 aliphatic carbocycles. The summed E-state index contributed by atoms with van der Waals surface area (Å²) >= 11 is 4.07. The third kappa shape index (κ3) is 3.21. The highest BCUT2D eigenvalue weighted by Gasteiger charge is 2.14. The third-order valence-corrected chi connectivity index (χ3v) is 5.07. The molecule has 1 aliphatic heterocycles. The predicted molar refractivity (Wildman–Crippen MR) is 70.7 cm³/mol. The first kappa shape index (κ1) is 11.0. The standard InChI is InChI=1S/C10H15N3S2/c11-9-2-1-3-12-10(9)13-6-8-7-14-4-5-15-8/h1-3,8H,4-7,11H2,(H,12,13). The van der Waals surface area contributed by atoms with E-state index in [0.717, 1.165) is 18.1 Å². The van der Waals surface area contributed by atoms with Crippen molar-refractivity contribution in [3.05, 3.63) is 18.3 Å². The number of anilines is 2. The molecule has 1 unspecified atom stereocenters. The summed E-state index contributed by atoms with van der Waals surface area (Å²) in [4.78, 5) is 4.21. The zero-order valence-electron chi connectivity index (χ0n) is 8.48. The van der Waals surface area contributed by atoms with Gasteiger partial charge in [-0.25, -0.2) is 4.98 Å². The van der Waals surface area contributed by atoms with Crippen LogP contribution >= 0.6 is 23.5 Å². The van der Waals surface area contributed by atoms with Crippen molar-refractivity contribution in [2.45, 2.75) is 5.25 Å². The molecule has 1 saturated heterocycles. The van der Waals surface area contributed by atoms with Gasteiger partial charge in [-0.05, 0) is 12.1 Å². The van der Waals surface area contributed by atoms with Gasteiger partial charge in [0.15, 0.2) is 0 Å². The number of hydrogen-bond donors (Lipinski definition) is 2. The maximum Gasteiger partial charge on any atom is 0.149 e. The zero-order valence-corrected chi connectivity index (χ0v) is 10.1. The van der Waals surface area contributed by atoms with E-state index in [9.17, 15) is 0 Å². The quantitative estimate of drug-likeness (QED) is 0.847. The first-order chi connectivity index (χ1) is 7.36. The molecule has 1 aliphatic rings. The summed E-state index contributed by atoms with van der Waals surface area (Å²) in [5, 5.41) is 4.00. The fraction of sp³-hybridized carbons (Fsp3) is 0.500. The van der Waals surface area contributed by atoms with E-state index < -0.39 is 0 Å². The molecule has 15 heavy (non-hydrogen) atoms. The van der Waals surface area contributed by atoms with Gasteiger partial charge in [0, 0.05) is 35.3 Å². The second-order valence-electron chi connectivity index (χ2n) is 3.39. The molecule has 1 atom stereocenters. The Morgan fingerprint density at radius 3 is 3.20 bits per heavy atom. The van der Waals surface area contributed by atoms with Crippen molar-refractivity contribution in [1.82, 2.24) is 4.98 Å². The van der Waals surface area contributed by atoms with E-state index in [-0.39, 0.29) is 0 Å². The largest absolute Gasteiger partial charge is 0.396 e. The number of nitrogens with two attached hydrogens (primary N) is 1. The second-order valence-corrected chi connectivity index (χ2v) is 5.95. The van der Waals surface area contributed by atoms with Crippen molar-refractivity contribution in [1.29, 1.82) is 0 Å². The van der Waals surface area contributed by atoms with Crippen molar-refractivity contribution >= 4 is 35.0 Å². The highest BCUT2D eigenvalue weighted by Crippen LogP contribution is 2.24. The first-order valence-corrected chi connectivity index (χ1v) is 7.20. The molecule has 0 saturated carbocycles. The average molecular weight is 241 g/mol. The minimum Gasteiger partial charge on any atom is -0.396 e. The van der Waals surface area contributed by atoms with E-state index in [1.807, 2.05) is 35.7 Å². The monoisotopic (exact) mass is 241 g/mol. The lowest BCUT2D eigenvalue weighted by Crippen LogP contribution is -2.23. The summed E-state index contributed by atoms with van der Waals surface area (Å²) in [6, 6.07) is 3.73. The van der Waals surface area contributed by atoms with Gasteiger partial charge in [0.1, 0.15) is 5.82 Å². The molecule has 1 aromatic heterocycles. The normalized spacial score (nSPS) is 21.2. The van der Waals surface area contributed by atoms with Crippen molar-refractivity contribution < 1.29 is 0 Å². The molecular weight excluding hydrogens is 226 g/mol. The van der Waals surface area contributed by atoms with Crippen LogP contribution in [-0.2, 0) is 0 Å². The minimum atomic E-state index is 0.685. The SMILES string of the molecule is Nc1cccnc1NCC1CSCCS1. The number of nitrogens with one attached hydrogen (secondary N) is 1. The molecule has 5 heteroatoms. The highest BCUT2D eigenvalue weighted by molar-refractivity contribution is 8.06. The number of nitrogens with zero attached hydrogens (tertiary/aromatic N) is 1. The third-order valence-electron chi connectivity index (χ3n) is 2.22. The van der Waals surface area contributed by atoms with Gasteiger partial charge in [-0.1, -0.05) is 0 Å². The van der Waals surface area contributed by atoms with Crippen LogP contribution in [0.1, 0.15) is 0 Å². The molecule has 3 N–H and O–H groups in total. The molecule has 0 bridgehead atoms. The topological polar surface area (TPSA) is 50.9 Å². The Morgan fingerprint density at radius 2 is 2.47 bits per heavy atom. The second kappa shape index (κ2) is 5.51. The van der Waals surface area contributed by atoms with Crippen LogP contribution in [0.5, 0.6) is 0 Å². The Hall–Kier alpha value is -0.550. The molecule has 82 valence electrons. The Kier molecular flexibility index (Phi) is 4.02. The van der Waals surface area contributed by atoms with Gasteiger partial charge in [-0.15, -0.1) is 0 Å². The summed E-state index contributed by atoms with van der Waals surface area (Å²) in [7, 11) is 0. The number of aromatic nitrogens is 1. The number of thioether (sulfide) groups is 2. The van der Waals surface area contributed by atoms with Crippen molar-refractivity contribution in [2.75, 3.05) is 34.9 Å². The lowest BCUT2D eigenvalue weighted by Gasteiger charge is -2.21. The number of pyridine rings is 1. The number of nitrogen functional groups attached to an aromatic ring is 1. The van der Waals surface area contributed by atoms with Crippen molar-refractivity contribution in [3.8, 4) is 0 Å². The van der Waals surface area contributed by atoms with Gasteiger partial charge in [-0.3, -0.25) is 0 Å². The van der Waals surface area contributed by atoms with E-state index in [4.69, 9.17) is 5.73 Å². The lowest BCUT2D eigenvalue weighted by molar-refractivity contribution is 0.994. The molecule has 2 heterocycles. The van der Waals surface area contributed by atoms with Crippen LogP contribution in [-0.4, -0.2) is 34.0 Å². The predicted octanol–water partition coefficient (Wildman–Crippen LogP) is 1.92. The fourth-order valence-electron chi connectivity index (χ4n) is 1.43. The number of rotatable bonds is 3. The van der Waals surface area contributed by atoms with Gasteiger partial charge in [0.25, 0.3) is 0 Å². The Balaban J connectivity index is 1.84. The van der Waals surface area contributed by atoms with E-state index >= 15 is 0 Å². The molecule has 0 radical (unpaired) electrons. The molecule has 1 aromatic rings. The summed E-state index contributed by atoms with van der Waals surface area (Å²) in [6.45, 7) is 0.957. The minimum absolute atomic E-state index is 0.685. The molecule has 2 rings (SSSR count). The van der Waals surface area contributed by atoms with Crippen LogP contribution in [0.2, 0.25) is 0 Å². The first-order valence-electron chi connectivity index (χ1n) is 5.00.